The summed E-state index contributed by atoms with van der Waals surface area (Å²) in [7, 11) is 0. The Morgan fingerprint density at radius 2 is 1.17 bits per heavy atom. The van der Waals surface area contributed by atoms with E-state index in [4.69, 9.17) is 0 Å². The van der Waals surface area contributed by atoms with E-state index in [1.807, 2.05) is 0 Å². The van der Waals surface area contributed by atoms with Crippen LogP contribution in [0, 0.1) is 0 Å². The zero-order valence-corrected chi connectivity index (χ0v) is 9.65. The van der Waals surface area contributed by atoms with Gasteiger partial charge in [0.1, 0.15) is 0 Å². The molecule has 60 valence electrons. The molecule has 4 unspecified atom stereocenters. The van der Waals surface area contributed by atoms with Crippen LogP contribution in [0.2, 0.25) is 35.8 Å². The Kier molecular flexibility index (Phi) is 0.0716. The van der Waals surface area contributed by atoms with Crippen LogP contribution in [0.15, 0.2) is 0 Å². The summed E-state index contributed by atoms with van der Waals surface area (Å²) in [5.74, 6) is 0. The van der Waals surface area contributed by atoms with Crippen LogP contribution in [0.5, 0.6) is 0 Å². The van der Waals surface area contributed by atoms with Crippen molar-refractivity contribution >= 4 is 0 Å². The monoisotopic (exact) mass is 234 g/mol. The summed E-state index contributed by atoms with van der Waals surface area (Å²) in [6, 6.07) is 0. The average Bonchev–Trinajstić information content (AvgIpc) is 2.97. The average molecular weight is 235 g/mol. The van der Waals surface area contributed by atoms with E-state index in [0.29, 0.717) is 0 Å². The van der Waals surface area contributed by atoms with Crippen LogP contribution < -0.4 is 0 Å². The van der Waals surface area contributed by atoms with Gasteiger partial charge in [0.05, 0.1) is 0 Å². The second-order valence-electron chi connectivity index (χ2n) is 13.2. The molecular formula is C11H12Zr. The van der Waals surface area contributed by atoms with Crippen LogP contribution >= 0.6 is 0 Å². The first kappa shape index (κ1) is 3.80. The van der Waals surface area contributed by atoms with E-state index in [9.17, 15) is 0 Å². The summed E-state index contributed by atoms with van der Waals surface area (Å²) < 4.78 is 15.5. The van der Waals surface area contributed by atoms with Crippen LogP contribution in [0.1, 0.15) is 6.92 Å². The van der Waals surface area contributed by atoms with Gasteiger partial charge in [0.15, 0.2) is 0 Å². The molecule has 1 heteroatoms. The third-order valence-electron chi connectivity index (χ3n) is 21.2. The molecule has 0 aromatic rings. The Balaban J connectivity index is 2.31. The molecule has 0 aliphatic carbocycles. The summed E-state index contributed by atoms with van der Waals surface area (Å²) in [5, 5.41) is 0. The standard InChI is InChI=1S/C6H7.C5H5.Zr/c1-6-4-2-3-5-6;1-2-4-5-3-1;/h2-5H,1H3;1-5H;. The normalized spacial score (nSPS) is 164. The Bertz CT molecular complexity index is 750. The number of rotatable bonds is 0. The SMILES string of the molecule is C[C]12[CH]3[CH]4[CH]5[CH]1[Zr]45321678[CH]2[CH]1[CH]6[CH]7[CH]28. The number of hydrogen-bond acceptors (Lipinski definition) is 0. The van der Waals surface area contributed by atoms with Crippen LogP contribution in [-0.4, -0.2) is 0 Å². The van der Waals surface area contributed by atoms with E-state index in [-0.39, 0.29) is 0 Å². The molecule has 0 aromatic heterocycles. The van der Waals surface area contributed by atoms with Gasteiger partial charge < -0.3 is 0 Å². The van der Waals surface area contributed by atoms with E-state index in [1.165, 1.54) is 3.12 Å². The van der Waals surface area contributed by atoms with E-state index in [1.54, 1.807) is 32.6 Å². The van der Waals surface area contributed by atoms with Crippen molar-refractivity contribution in [2.24, 2.45) is 0 Å². The first-order valence-electron chi connectivity index (χ1n) is 6.59. The molecule has 10 saturated heterocycles. The maximum atomic E-state index is 2.83. The topological polar surface area (TPSA) is 0 Å². The molecule has 4 atom stereocenters. The maximum absolute atomic E-state index is 2.94. The molecule has 0 radical (unpaired) electrons. The van der Waals surface area contributed by atoms with E-state index < -0.39 is 11.4 Å². The van der Waals surface area contributed by atoms with Crippen LogP contribution in [-0.2, 0) is 11.4 Å². The number of fused-ring (bicyclic) bond motifs is 10. The first-order chi connectivity index (χ1) is 5.55. The second-order valence-corrected chi connectivity index (χ2v) is 66.3. The van der Waals surface area contributed by atoms with Crippen molar-refractivity contribution in [1.82, 2.24) is 0 Å². The molecule has 0 N–H and O–H groups in total. The molecule has 10 aliphatic heterocycles. The molecule has 0 saturated carbocycles. The Hall–Kier alpha value is 0.883. The fourth-order valence-corrected chi connectivity index (χ4v) is 253. The summed E-state index contributed by atoms with van der Waals surface area (Å²) in [6.45, 7) is 2.83. The molecule has 10 fully saturated rings. The number of hydrogen-bond donors (Lipinski definition) is 0. The van der Waals surface area contributed by atoms with Gasteiger partial charge in [-0.2, -0.15) is 0 Å². The van der Waals surface area contributed by atoms with E-state index >= 15 is 0 Å². The summed E-state index contributed by atoms with van der Waals surface area (Å²) in [5.41, 5.74) is 0. The molecule has 12 heavy (non-hydrogen) atoms. The predicted octanol–water partition coefficient (Wildman–Crippen LogP) is 3.77. The van der Waals surface area contributed by atoms with Crippen molar-refractivity contribution in [3.8, 4) is 0 Å². The summed E-state index contributed by atoms with van der Waals surface area (Å²) in [6.07, 6.45) is 0. The van der Waals surface area contributed by atoms with E-state index in [0.717, 1.165) is 0 Å². The van der Waals surface area contributed by atoms with Crippen LogP contribution in [0.25, 0.3) is 0 Å². The van der Waals surface area contributed by atoms with Crippen molar-refractivity contribution in [3.63, 3.8) is 0 Å². The van der Waals surface area contributed by atoms with Gasteiger partial charge in [-0.3, -0.25) is 0 Å². The zero-order valence-electron chi connectivity index (χ0n) is 7.20. The molecular weight excluding hydrogens is 223 g/mol. The molecule has 1 spiro atoms. The summed E-state index contributed by atoms with van der Waals surface area (Å²) >= 11 is -2.94. The third kappa shape index (κ3) is 0.0232. The van der Waals surface area contributed by atoms with Gasteiger partial charge in [0, 0.05) is 0 Å². The summed E-state index contributed by atoms with van der Waals surface area (Å²) in [4.78, 5) is 0. The van der Waals surface area contributed by atoms with Crippen molar-refractivity contribution in [1.29, 1.82) is 0 Å². The minimum atomic E-state index is -2.94. The molecule has 0 nitrogen and oxygen atoms in total. The van der Waals surface area contributed by atoms with Crippen molar-refractivity contribution < 1.29 is 11.4 Å². The third-order valence-corrected chi connectivity index (χ3v) is 119. The zero-order chi connectivity index (χ0) is 7.01. The van der Waals surface area contributed by atoms with Gasteiger partial charge in [-0.15, -0.1) is 0 Å². The minimum absolute atomic E-state index is 1.23. The quantitative estimate of drug-likeness (QED) is 0.599. The Morgan fingerprint density at radius 3 is 1.17 bits per heavy atom. The van der Waals surface area contributed by atoms with Crippen LogP contribution in [0.3, 0.4) is 0 Å². The van der Waals surface area contributed by atoms with Crippen LogP contribution in [0.4, 0.5) is 0 Å². The van der Waals surface area contributed by atoms with Crippen molar-refractivity contribution in [2.75, 3.05) is 0 Å². The van der Waals surface area contributed by atoms with Gasteiger partial charge in [0.2, 0.25) is 0 Å². The Labute approximate surface area is 53.8 Å². The molecule has 10 heterocycles. The van der Waals surface area contributed by atoms with Gasteiger partial charge in [-0.25, -0.2) is 0 Å². The van der Waals surface area contributed by atoms with Gasteiger partial charge in [-0.1, -0.05) is 0 Å². The molecule has 0 amide bonds. The molecule has 0 aromatic carbocycles. The fourth-order valence-electron chi connectivity index (χ4n) is 25.2. The van der Waals surface area contributed by atoms with Crippen molar-refractivity contribution in [3.05, 3.63) is 0 Å². The first-order valence-corrected chi connectivity index (χ1v) is 20.6. The fraction of sp³-hybridized carbons (Fsp3) is 1.00. The molecule has 10 aliphatic rings. The van der Waals surface area contributed by atoms with Gasteiger partial charge in [0.25, 0.3) is 0 Å². The van der Waals surface area contributed by atoms with Gasteiger partial charge in [-0.05, 0) is 0 Å². The second kappa shape index (κ2) is 0.226. The van der Waals surface area contributed by atoms with Gasteiger partial charge >= 0.3 is 54.0 Å². The molecule has 0 bridgehead atoms. The van der Waals surface area contributed by atoms with Crippen molar-refractivity contribution in [2.45, 2.75) is 42.7 Å². The predicted molar refractivity (Wildman–Crippen MR) is 42.1 cm³/mol. The molecule has 10 rings (SSSR count). The van der Waals surface area contributed by atoms with E-state index in [2.05, 4.69) is 6.92 Å². The Morgan fingerprint density at radius 1 is 0.750 bits per heavy atom.